The monoisotopic (exact) mass is 340 g/mol. The summed E-state index contributed by atoms with van der Waals surface area (Å²) in [5, 5.41) is 0. The van der Waals surface area contributed by atoms with E-state index in [1.165, 1.54) is 24.8 Å². The van der Waals surface area contributed by atoms with Crippen molar-refractivity contribution in [2.24, 2.45) is 5.92 Å². The van der Waals surface area contributed by atoms with Crippen LogP contribution in [0.1, 0.15) is 56.3 Å². The minimum absolute atomic E-state index is 0.430. The van der Waals surface area contributed by atoms with Gasteiger partial charge in [0.1, 0.15) is 0 Å². The Labute approximate surface area is 131 Å². The number of alkyl halides is 1. The molecule has 2 rings (SSSR count). The van der Waals surface area contributed by atoms with Gasteiger partial charge in [-0.15, -0.1) is 0 Å². The third kappa shape index (κ3) is 4.69. The van der Waals surface area contributed by atoms with Crippen LogP contribution < -0.4 is 9.47 Å². The fraction of sp³-hybridized carbons (Fsp3) is 0.647. The van der Waals surface area contributed by atoms with Gasteiger partial charge in [-0.25, -0.2) is 0 Å². The zero-order valence-electron chi connectivity index (χ0n) is 12.5. The Bertz CT molecular complexity index is 415. The van der Waals surface area contributed by atoms with E-state index >= 15 is 0 Å². The molecule has 3 heteroatoms. The minimum atomic E-state index is 0.430. The summed E-state index contributed by atoms with van der Waals surface area (Å²) in [6.45, 7) is 5.71. The lowest BCUT2D eigenvalue weighted by Gasteiger charge is -2.16. The second kappa shape index (κ2) is 7.92. The van der Waals surface area contributed by atoms with Gasteiger partial charge in [0.2, 0.25) is 0 Å². The molecule has 1 unspecified atom stereocenters. The molecule has 1 aromatic rings. The highest BCUT2D eigenvalue weighted by Gasteiger charge is 2.25. The number of halogens is 1. The topological polar surface area (TPSA) is 18.5 Å². The van der Waals surface area contributed by atoms with Gasteiger partial charge in [-0.3, -0.25) is 0 Å². The highest BCUT2D eigenvalue weighted by molar-refractivity contribution is 9.09. The standard InChI is InChI=1S/C17H25BrO2/c1-3-9-19-16-8-7-14(12-17(16)20-10-4-2)15(18)11-13-5-6-13/h7-8,12-13,15H,3-6,9-11H2,1-2H3. The number of benzene rings is 1. The van der Waals surface area contributed by atoms with Crippen molar-refractivity contribution >= 4 is 15.9 Å². The first kappa shape index (κ1) is 15.7. The van der Waals surface area contributed by atoms with Crippen LogP contribution in [0.2, 0.25) is 0 Å². The molecule has 1 aliphatic rings. The van der Waals surface area contributed by atoms with Crippen molar-refractivity contribution in [3.05, 3.63) is 23.8 Å². The molecule has 0 heterocycles. The zero-order chi connectivity index (χ0) is 14.4. The van der Waals surface area contributed by atoms with E-state index in [9.17, 15) is 0 Å². The van der Waals surface area contributed by atoms with Crippen LogP contribution in [0.3, 0.4) is 0 Å². The van der Waals surface area contributed by atoms with Crippen LogP contribution in [0.5, 0.6) is 11.5 Å². The molecule has 112 valence electrons. The Balaban J connectivity index is 2.08. The molecule has 0 amide bonds. The number of hydrogen-bond acceptors (Lipinski definition) is 2. The molecule has 0 bridgehead atoms. The number of rotatable bonds is 9. The normalized spacial score (nSPS) is 15.9. The summed E-state index contributed by atoms with van der Waals surface area (Å²) in [5.41, 5.74) is 1.30. The Morgan fingerprint density at radius 1 is 1.10 bits per heavy atom. The maximum atomic E-state index is 5.85. The Morgan fingerprint density at radius 2 is 1.75 bits per heavy atom. The molecule has 0 spiro atoms. The molecule has 0 N–H and O–H groups in total. The van der Waals surface area contributed by atoms with Crippen molar-refractivity contribution in [3.8, 4) is 11.5 Å². The van der Waals surface area contributed by atoms with Gasteiger partial charge in [0, 0.05) is 4.83 Å². The van der Waals surface area contributed by atoms with Crippen LogP contribution in [0, 0.1) is 5.92 Å². The second-order valence-corrected chi connectivity index (χ2v) is 6.66. The summed E-state index contributed by atoms with van der Waals surface area (Å²) in [5.74, 6) is 2.67. The Morgan fingerprint density at radius 3 is 2.35 bits per heavy atom. The quantitative estimate of drug-likeness (QED) is 0.552. The summed E-state index contributed by atoms with van der Waals surface area (Å²) in [7, 11) is 0. The van der Waals surface area contributed by atoms with Crippen molar-refractivity contribution in [2.75, 3.05) is 13.2 Å². The van der Waals surface area contributed by atoms with Crippen LogP contribution >= 0.6 is 15.9 Å². The molecular weight excluding hydrogens is 316 g/mol. The van der Waals surface area contributed by atoms with Crippen LogP contribution in [-0.2, 0) is 0 Å². The zero-order valence-corrected chi connectivity index (χ0v) is 14.1. The van der Waals surface area contributed by atoms with Crippen LogP contribution in [0.4, 0.5) is 0 Å². The first-order chi connectivity index (χ1) is 9.74. The lowest BCUT2D eigenvalue weighted by molar-refractivity contribution is 0.268. The summed E-state index contributed by atoms with van der Waals surface area (Å²) in [6, 6.07) is 6.35. The molecule has 0 saturated heterocycles. The van der Waals surface area contributed by atoms with Crippen molar-refractivity contribution < 1.29 is 9.47 Å². The van der Waals surface area contributed by atoms with Gasteiger partial charge < -0.3 is 9.47 Å². The molecule has 1 fully saturated rings. The maximum absolute atomic E-state index is 5.85. The second-order valence-electron chi connectivity index (χ2n) is 5.55. The van der Waals surface area contributed by atoms with Crippen LogP contribution in [-0.4, -0.2) is 13.2 Å². The van der Waals surface area contributed by atoms with Gasteiger partial charge in [-0.2, -0.15) is 0 Å². The number of hydrogen-bond donors (Lipinski definition) is 0. The molecular formula is C17H25BrO2. The first-order valence-electron chi connectivity index (χ1n) is 7.78. The van der Waals surface area contributed by atoms with Crippen molar-refractivity contribution in [2.45, 2.75) is 50.8 Å². The Kier molecular flexibility index (Phi) is 6.21. The summed E-state index contributed by atoms with van der Waals surface area (Å²) in [4.78, 5) is 0.430. The summed E-state index contributed by atoms with van der Waals surface area (Å²) in [6.07, 6.45) is 6.02. The molecule has 1 aliphatic carbocycles. The SMILES string of the molecule is CCCOc1ccc(C(Br)CC2CC2)cc1OCCC. The third-order valence-electron chi connectivity index (χ3n) is 3.49. The van der Waals surface area contributed by atoms with Gasteiger partial charge >= 0.3 is 0 Å². The van der Waals surface area contributed by atoms with Crippen LogP contribution in [0.25, 0.3) is 0 Å². The van der Waals surface area contributed by atoms with E-state index in [4.69, 9.17) is 9.47 Å². The fourth-order valence-electron chi connectivity index (χ4n) is 2.16. The highest BCUT2D eigenvalue weighted by Crippen LogP contribution is 2.42. The van der Waals surface area contributed by atoms with E-state index in [0.717, 1.165) is 43.5 Å². The van der Waals surface area contributed by atoms with E-state index in [-0.39, 0.29) is 0 Å². The van der Waals surface area contributed by atoms with Gasteiger partial charge in [-0.1, -0.05) is 48.7 Å². The van der Waals surface area contributed by atoms with Crippen molar-refractivity contribution in [1.29, 1.82) is 0 Å². The van der Waals surface area contributed by atoms with Gasteiger partial charge in [-0.05, 0) is 42.9 Å². The van der Waals surface area contributed by atoms with E-state index in [2.05, 4.69) is 48.0 Å². The van der Waals surface area contributed by atoms with E-state index in [1.54, 1.807) is 0 Å². The average molecular weight is 341 g/mol. The molecule has 1 aromatic carbocycles. The van der Waals surface area contributed by atoms with Crippen molar-refractivity contribution in [1.82, 2.24) is 0 Å². The Hall–Kier alpha value is -0.700. The molecule has 20 heavy (non-hydrogen) atoms. The fourth-order valence-corrected chi connectivity index (χ4v) is 2.97. The van der Waals surface area contributed by atoms with Crippen LogP contribution in [0.15, 0.2) is 18.2 Å². The predicted molar refractivity (Wildman–Crippen MR) is 87.0 cm³/mol. The van der Waals surface area contributed by atoms with E-state index in [0.29, 0.717) is 4.83 Å². The van der Waals surface area contributed by atoms with Gasteiger partial charge in [0.15, 0.2) is 11.5 Å². The van der Waals surface area contributed by atoms with Gasteiger partial charge in [0.05, 0.1) is 13.2 Å². The maximum Gasteiger partial charge on any atom is 0.161 e. The summed E-state index contributed by atoms with van der Waals surface area (Å²) >= 11 is 3.81. The molecule has 0 aliphatic heterocycles. The van der Waals surface area contributed by atoms with E-state index < -0.39 is 0 Å². The molecule has 1 atom stereocenters. The first-order valence-corrected chi connectivity index (χ1v) is 8.69. The molecule has 0 aromatic heterocycles. The molecule has 2 nitrogen and oxygen atoms in total. The molecule has 1 saturated carbocycles. The van der Waals surface area contributed by atoms with E-state index in [1.807, 2.05) is 0 Å². The van der Waals surface area contributed by atoms with Crippen molar-refractivity contribution in [3.63, 3.8) is 0 Å². The lowest BCUT2D eigenvalue weighted by atomic mass is 10.1. The number of ether oxygens (including phenoxy) is 2. The average Bonchev–Trinajstić information content (AvgIpc) is 3.27. The summed E-state index contributed by atoms with van der Waals surface area (Å²) < 4.78 is 11.6. The molecule has 0 radical (unpaired) electrons. The highest BCUT2D eigenvalue weighted by atomic mass is 79.9. The minimum Gasteiger partial charge on any atom is -0.490 e. The van der Waals surface area contributed by atoms with Gasteiger partial charge in [0.25, 0.3) is 0 Å². The lowest BCUT2D eigenvalue weighted by Crippen LogP contribution is -2.02. The smallest absolute Gasteiger partial charge is 0.161 e. The third-order valence-corrected chi connectivity index (χ3v) is 4.39. The predicted octanol–water partition coefficient (Wildman–Crippen LogP) is 5.50. The largest absolute Gasteiger partial charge is 0.490 e.